The van der Waals surface area contributed by atoms with Gasteiger partial charge < -0.3 is 45.6 Å². The van der Waals surface area contributed by atoms with Crippen LogP contribution in [-0.2, 0) is 18.7 Å². The Morgan fingerprint density at radius 3 is 2.33 bits per heavy atom. The quantitative estimate of drug-likeness (QED) is 0.00376. The van der Waals surface area contributed by atoms with Gasteiger partial charge in [-0.3, -0.25) is 29.3 Å². The van der Waals surface area contributed by atoms with E-state index in [0.717, 1.165) is 164 Å². The molecule has 1 aliphatic carbocycles. The number of anilines is 4. The summed E-state index contributed by atoms with van der Waals surface area (Å²) in [6.45, 7) is 14.4. The van der Waals surface area contributed by atoms with Gasteiger partial charge in [0.25, 0.3) is 5.91 Å². The smallest absolute Gasteiger partial charge is 0.383 e. The second kappa shape index (κ2) is 35.1. The van der Waals surface area contributed by atoms with E-state index < -0.39 is 23.6 Å². The molecule has 0 radical (unpaired) electrons. The number of piperidine rings is 2. The first-order valence-corrected chi connectivity index (χ1v) is 35.2. The highest BCUT2D eigenvalue weighted by molar-refractivity contribution is 7.99. The first-order valence-electron chi connectivity index (χ1n) is 32.3. The summed E-state index contributed by atoms with van der Waals surface area (Å²) in [6, 6.07) is 35.3. The second-order valence-corrected chi connectivity index (χ2v) is 27.5. The molecule has 3 amide bonds. The van der Waals surface area contributed by atoms with Crippen molar-refractivity contribution in [1.82, 2.24) is 30.1 Å². The molecule has 0 aromatic heterocycles. The summed E-state index contributed by atoms with van der Waals surface area (Å²) in [5.74, 6) is 0.618. The molecule has 5 aliphatic rings. The van der Waals surface area contributed by atoms with Gasteiger partial charge in [0.15, 0.2) is 17.8 Å². The number of hydrogen-bond donors (Lipinski definition) is 6. The fourth-order valence-corrected chi connectivity index (χ4v) is 14.5. The molecular formula is C68H85ClF4N10O6S3. The molecule has 16 nitrogen and oxygen atoms in total. The predicted molar refractivity (Wildman–Crippen MR) is 363 cm³/mol. The van der Waals surface area contributed by atoms with Crippen LogP contribution < -0.4 is 41.1 Å². The maximum Gasteiger partial charge on any atom is 0.471 e. The lowest BCUT2D eigenvalue weighted by Crippen LogP contribution is -2.47. The Labute approximate surface area is 556 Å². The number of allylic oxidation sites excluding steroid dienone is 1. The number of rotatable bonds is 30. The van der Waals surface area contributed by atoms with E-state index in [9.17, 15) is 31.9 Å². The number of piperazine rings is 1. The zero-order valence-corrected chi connectivity index (χ0v) is 55.1. The molecule has 10 rings (SSSR count). The van der Waals surface area contributed by atoms with E-state index in [-0.39, 0.29) is 41.8 Å². The SMILES string of the molecule is O=C1CCC(Nc2ccc(NCCCCNCC3CCN(CC4CCC(c5ccc(Cl)cc5)=C(CN5CCN(c6ccc(C(=O)NSc7ccc(NC(CCN8CCCOCC8)CSc8ccccc8)c(OOSC(F)(F)F)c7)cc6)CC5)C4)CC3)c(F)c2)C(=O)N1. The number of carbonyl (C=O) groups excluding carboxylic acids is 3. The Kier molecular flexibility index (Phi) is 26.4. The van der Waals surface area contributed by atoms with Crippen molar-refractivity contribution >= 4 is 93.4 Å². The van der Waals surface area contributed by atoms with Gasteiger partial charge in [0.05, 0.1) is 18.0 Å². The van der Waals surface area contributed by atoms with Gasteiger partial charge in [-0.05, 0) is 204 Å². The third kappa shape index (κ3) is 21.9. The number of hydrogen-bond acceptors (Lipinski definition) is 17. The number of ether oxygens (including phenoxy) is 1. The molecule has 4 fully saturated rings. The fourth-order valence-electron chi connectivity index (χ4n) is 12.6. The van der Waals surface area contributed by atoms with Crippen molar-refractivity contribution < 1.29 is 45.9 Å². The third-order valence-electron chi connectivity index (χ3n) is 17.7. The minimum Gasteiger partial charge on any atom is -0.383 e. The molecule has 5 aromatic rings. The number of nitrogens with zero attached hydrogens (tertiary/aromatic N) is 4. The standard InChI is InChI=1S/C68H85ClF4N10O6S3/c69-53-14-10-50(11-15-53)59-20-9-49(45-81-31-25-48(26-32-81)44-74-28-4-5-29-75-61-21-16-54(42-60(61)70)76-63-23-24-65(84)78-67(63)86)41-52(59)46-82-34-36-83(37-35-82)56-17-12-51(13-18-56)66(85)79-91-58-19-22-62(64(43-58)88-89-92-68(71,72)73)77-55(47-90-57-7-2-1-3-8-57)27-33-80-30-6-39-87-40-38-80/h1-3,7-8,10-19,21-22,42-43,48-49,55,63,74-77H,4-6,9,20,23-41,44-47H2,(H,79,85)(H,78,84,86). The average molecular weight is 1350 g/mol. The van der Waals surface area contributed by atoms with Crippen LogP contribution in [0.4, 0.5) is 40.3 Å². The highest BCUT2D eigenvalue weighted by Crippen LogP contribution is 2.39. The summed E-state index contributed by atoms with van der Waals surface area (Å²) in [5, 5.41) is 16.5. The van der Waals surface area contributed by atoms with Gasteiger partial charge in [-0.1, -0.05) is 47.5 Å². The molecule has 0 saturated carbocycles. The molecule has 24 heteroatoms. The monoisotopic (exact) mass is 1340 g/mol. The van der Waals surface area contributed by atoms with Gasteiger partial charge in [0, 0.05) is 128 Å². The Balaban J connectivity index is 0.655. The van der Waals surface area contributed by atoms with Crippen molar-refractivity contribution in [2.45, 2.75) is 98.0 Å². The maximum absolute atomic E-state index is 14.9. The molecule has 3 atom stereocenters. The van der Waals surface area contributed by atoms with Gasteiger partial charge in [-0.25, -0.2) is 4.39 Å². The van der Waals surface area contributed by atoms with Crippen LogP contribution >= 0.6 is 47.4 Å². The fraction of sp³-hybridized carbons (Fsp3) is 0.485. The van der Waals surface area contributed by atoms with E-state index in [2.05, 4.69) is 79.5 Å². The second-order valence-electron chi connectivity index (χ2n) is 24.4. The van der Waals surface area contributed by atoms with Crippen LogP contribution in [0.25, 0.3) is 5.57 Å². The van der Waals surface area contributed by atoms with Crippen LogP contribution in [0.5, 0.6) is 5.75 Å². The Bertz CT molecular complexity index is 3190. The van der Waals surface area contributed by atoms with Crippen molar-refractivity contribution in [3.63, 3.8) is 0 Å². The molecule has 4 aliphatic heterocycles. The summed E-state index contributed by atoms with van der Waals surface area (Å²) in [4.78, 5) is 54.1. The Morgan fingerprint density at radius 2 is 1.55 bits per heavy atom. The molecule has 6 N–H and O–H groups in total. The van der Waals surface area contributed by atoms with E-state index in [1.54, 1.807) is 42.1 Å². The van der Waals surface area contributed by atoms with E-state index in [1.165, 1.54) is 35.6 Å². The number of nitrogens with one attached hydrogen (secondary N) is 6. The molecule has 496 valence electrons. The van der Waals surface area contributed by atoms with Crippen LogP contribution in [0.1, 0.15) is 86.6 Å². The lowest BCUT2D eigenvalue weighted by molar-refractivity contribution is -0.133. The molecular weight excluding hydrogens is 1260 g/mol. The van der Waals surface area contributed by atoms with Crippen LogP contribution in [-0.4, -0.2) is 161 Å². The number of likely N-dealkylation sites (tertiary alicyclic amines) is 1. The number of unbranched alkanes of at least 4 members (excludes halogenated alkanes) is 1. The average Bonchev–Trinajstić information content (AvgIpc) is 1.18. The van der Waals surface area contributed by atoms with E-state index in [0.29, 0.717) is 64.7 Å². The molecule has 5 aromatic carbocycles. The van der Waals surface area contributed by atoms with Crippen LogP contribution in [0.15, 0.2) is 131 Å². The van der Waals surface area contributed by atoms with E-state index in [1.807, 2.05) is 54.6 Å². The third-order valence-corrected chi connectivity index (χ3v) is 20.2. The Morgan fingerprint density at radius 1 is 0.772 bits per heavy atom. The topological polar surface area (TPSA) is 164 Å². The number of imide groups is 1. The normalized spacial score (nSPS) is 19.5. The molecule has 3 unspecified atom stereocenters. The molecule has 4 saturated heterocycles. The summed E-state index contributed by atoms with van der Waals surface area (Å²) in [6.07, 6.45) is 9.90. The summed E-state index contributed by atoms with van der Waals surface area (Å²) < 4.78 is 67.7. The molecule has 4 heterocycles. The zero-order chi connectivity index (χ0) is 64.1. The number of benzene rings is 5. The number of alkyl halides is 3. The van der Waals surface area contributed by atoms with Crippen molar-refractivity contribution in [1.29, 1.82) is 0 Å². The van der Waals surface area contributed by atoms with Gasteiger partial charge in [-0.2, -0.15) is 13.2 Å². The van der Waals surface area contributed by atoms with Crippen molar-refractivity contribution in [2.75, 3.05) is 131 Å². The highest BCUT2D eigenvalue weighted by atomic mass is 35.5. The number of carbonyl (C=O) groups is 3. The van der Waals surface area contributed by atoms with Gasteiger partial charge in [0.1, 0.15) is 11.9 Å². The summed E-state index contributed by atoms with van der Waals surface area (Å²) in [5.41, 5.74) is 2.48. The van der Waals surface area contributed by atoms with Crippen LogP contribution in [0.2, 0.25) is 5.02 Å². The van der Waals surface area contributed by atoms with Crippen molar-refractivity contribution in [3.05, 3.63) is 143 Å². The lowest BCUT2D eigenvalue weighted by Gasteiger charge is -2.39. The minimum atomic E-state index is -4.68. The van der Waals surface area contributed by atoms with E-state index >= 15 is 0 Å². The first kappa shape index (κ1) is 69.1. The van der Waals surface area contributed by atoms with Crippen molar-refractivity contribution in [3.8, 4) is 5.75 Å². The largest absolute Gasteiger partial charge is 0.471 e. The lowest BCUT2D eigenvalue weighted by atomic mass is 9.80. The molecule has 0 bridgehead atoms. The summed E-state index contributed by atoms with van der Waals surface area (Å²) in [7, 11) is 0. The minimum absolute atomic E-state index is 0.0568. The predicted octanol–water partition coefficient (Wildman–Crippen LogP) is 12.9. The number of halogens is 5. The van der Waals surface area contributed by atoms with E-state index in [4.69, 9.17) is 21.2 Å². The van der Waals surface area contributed by atoms with Gasteiger partial charge >= 0.3 is 5.51 Å². The maximum atomic E-state index is 14.9. The highest BCUT2D eigenvalue weighted by Gasteiger charge is 2.33. The Hall–Kier alpha value is -5.73. The van der Waals surface area contributed by atoms with Crippen LogP contribution in [0.3, 0.4) is 0 Å². The number of amides is 3. The van der Waals surface area contributed by atoms with Gasteiger partial charge in [-0.15, -0.1) is 16.1 Å². The van der Waals surface area contributed by atoms with Gasteiger partial charge in [0.2, 0.25) is 11.8 Å². The van der Waals surface area contributed by atoms with Crippen molar-refractivity contribution in [2.24, 2.45) is 11.8 Å². The summed E-state index contributed by atoms with van der Waals surface area (Å²) >= 11 is 8.38. The number of thioether (sulfide) groups is 1. The zero-order valence-electron chi connectivity index (χ0n) is 51.9. The molecule has 92 heavy (non-hydrogen) atoms. The first-order chi connectivity index (χ1) is 44.7. The van der Waals surface area contributed by atoms with Crippen LogP contribution in [0, 0.1) is 17.7 Å². The molecule has 0 spiro atoms.